The highest BCUT2D eigenvalue weighted by Gasteiger charge is 2.20. The number of rotatable bonds is 6. The SMILES string of the molecule is CCCC(COC1CCCC1)C(=O)NC. The van der Waals surface area contributed by atoms with Gasteiger partial charge >= 0.3 is 0 Å². The maximum absolute atomic E-state index is 11.5. The van der Waals surface area contributed by atoms with Gasteiger partial charge in [-0.25, -0.2) is 0 Å². The lowest BCUT2D eigenvalue weighted by molar-refractivity contribution is -0.127. The standard InChI is InChI=1S/C12H23NO2/c1-3-6-10(12(14)13-2)9-15-11-7-4-5-8-11/h10-11H,3-9H2,1-2H3,(H,13,14). The van der Waals surface area contributed by atoms with Gasteiger partial charge in [0, 0.05) is 7.05 Å². The Morgan fingerprint density at radius 3 is 2.67 bits per heavy atom. The third-order valence-electron chi connectivity index (χ3n) is 3.09. The molecule has 0 radical (unpaired) electrons. The number of hydrogen-bond acceptors (Lipinski definition) is 2. The molecule has 1 unspecified atom stereocenters. The molecule has 1 rings (SSSR count). The summed E-state index contributed by atoms with van der Waals surface area (Å²) in [6.07, 6.45) is 7.28. The van der Waals surface area contributed by atoms with Crippen molar-refractivity contribution >= 4 is 5.91 Å². The number of carbonyl (C=O) groups excluding carboxylic acids is 1. The van der Waals surface area contributed by atoms with E-state index >= 15 is 0 Å². The summed E-state index contributed by atoms with van der Waals surface area (Å²) in [7, 11) is 1.70. The van der Waals surface area contributed by atoms with Gasteiger partial charge in [0.05, 0.1) is 18.6 Å². The molecule has 1 fully saturated rings. The Labute approximate surface area is 92.6 Å². The van der Waals surface area contributed by atoms with E-state index in [0.29, 0.717) is 12.7 Å². The van der Waals surface area contributed by atoms with Crippen LogP contribution in [0.5, 0.6) is 0 Å². The van der Waals surface area contributed by atoms with Gasteiger partial charge in [0.1, 0.15) is 0 Å². The van der Waals surface area contributed by atoms with Crippen molar-refractivity contribution in [1.29, 1.82) is 0 Å². The van der Waals surface area contributed by atoms with E-state index < -0.39 is 0 Å². The van der Waals surface area contributed by atoms with Gasteiger partial charge in [-0.1, -0.05) is 26.2 Å². The summed E-state index contributed by atoms with van der Waals surface area (Å²) in [5, 5.41) is 2.71. The van der Waals surface area contributed by atoms with Crippen molar-refractivity contribution in [2.24, 2.45) is 5.92 Å². The van der Waals surface area contributed by atoms with E-state index in [2.05, 4.69) is 12.2 Å². The Morgan fingerprint density at radius 2 is 2.13 bits per heavy atom. The average molecular weight is 213 g/mol. The van der Waals surface area contributed by atoms with Crippen molar-refractivity contribution in [2.45, 2.75) is 51.6 Å². The lowest BCUT2D eigenvalue weighted by Gasteiger charge is -2.17. The number of nitrogens with one attached hydrogen (secondary N) is 1. The van der Waals surface area contributed by atoms with Crippen LogP contribution in [0.2, 0.25) is 0 Å². The Bertz CT molecular complexity index is 188. The fourth-order valence-electron chi connectivity index (χ4n) is 2.15. The predicted octanol–water partition coefficient (Wildman–Crippen LogP) is 2.11. The molecule has 88 valence electrons. The summed E-state index contributed by atoms with van der Waals surface area (Å²) in [6.45, 7) is 2.70. The molecular weight excluding hydrogens is 190 g/mol. The quantitative estimate of drug-likeness (QED) is 0.734. The fourth-order valence-corrected chi connectivity index (χ4v) is 2.15. The molecule has 0 aromatic carbocycles. The number of ether oxygens (including phenoxy) is 1. The highest BCUT2D eigenvalue weighted by atomic mass is 16.5. The van der Waals surface area contributed by atoms with Gasteiger partial charge in [-0.05, 0) is 19.3 Å². The predicted molar refractivity (Wildman–Crippen MR) is 60.7 cm³/mol. The zero-order valence-electron chi connectivity index (χ0n) is 9.92. The van der Waals surface area contributed by atoms with Crippen LogP contribution in [-0.2, 0) is 9.53 Å². The Kier molecular flexibility index (Phi) is 5.69. The van der Waals surface area contributed by atoms with Crippen LogP contribution in [-0.4, -0.2) is 25.7 Å². The molecule has 1 aliphatic carbocycles. The van der Waals surface area contributed by atoms with Crippen LogP contribution in [0.25, 0.3) is 0 Å². The lowest BCUT2D eigenvalue weighted by Crippen LogP contribution is -2.31. The van der Waals surface area contributed by atoms with E-state index in [0.717, 1.165) is 12.8 Å². The van der Waals surface area contributed by atoms with Crippen LogP contribution in [0.15, 0.2) is 0 Å². The van der Waals surface area contributed by atoms with Crippen molar-refractivity contribution in [3.05, 3.63) is 0 Å². The molecule has 1 aliphatic rings. The van der Waals surface area contributed by atoms with Gasteiger partial charge in [-0.15, -0.1) is 0 Å². The molecule has 0 heterocycles. The van der Waals surface area contributed by atoms with Crippen molar-refractivity contribution < 1.29 is 9.53 Å². The van der Waals surface area contributed by atoms with Crippen LogP contribution in [0.4, 0.5) is 0 Å². The van der Waals surface area contributed by atoms with Crippen molar-refractivity contribution in [3.8, 4) is 0 Å². The van der Waals surface area contributed by atoms with E-state index in [9.17, 15) is 4.79 Å². The zero-order chi connectivity index (χ0) is 11.1. The van der Waals surface area contributed by atoms with Crippen LogP contribution in [0.1, 0.15) is 45.4 Å². The fraction of sp³-hybridized carbons (Fsp3) is 0.917. The highest BCUT2D eigenvalue weighted by Crippen LogP contribution is 2.22. The second-order valence-corrected chi connectivity index (χ2v) is 4.34. The number of carbonyl (C=O) groups is 1. The average Bonchev–Trinajstić information content (AvgIpc) is 2.76. The normalized spacial score (nSPS) is 19.1. The van der Waals surface area contributed by atoms with Gasteiger partial charge in [0.2, 0.25) is 5.91 Å². The minimum atomic E-state index is 0.0422. The maximum Gasteiger partial charge on any atom is 0.225 e. The number of hydrogen-bond donors (Lipinski definition) is 1. The van der Waals surface area contributed by atoms with Gasteiger partial charge in [-0.3, -0.25) is 4.79 Å². The third kappa shape index (κ3) is 4.20. The molecule has 0 bridgehead atoms. The van der Waals surface area contributed by atoms with Crippen LogP contribution >= 0.6 is 0 Å². The van der Waals surface area contributed by atoms with Gasteiger partial charge in [0.15, 0.2) is 0 Å². The Balaban J connectivity index is 2.26. The summed E-state index contributed by atoms with van der Waals surface area (Å²) in [6, 6.07) is 0. The molecule has 0 aromatic heterocycles. The Morgan fingerprint density at radius 1 is 1.47 bits per heavy atom. The molecule has 1 atom stereocenters. The molecule has 3 heteroatoms. The Hall–Kier alpha value is -0.570. The van der Waals surface area contributed by atoms with E-state index in [4.69, 9.17) is 4.74 Å². The number of amides is 1. The van der Waals surface area contributed by atoms with Gasteiger partial charge in [0.25, 0.3) is 0 Å². The first-order valence-corrected chi connectivity index (χ1v) is 6.11. The van der Waals surface area contributed by atoms with Crippen LogP contribution in [0.3, 0.4) is 0 Å². The summed E-state index contributed by atoms with van der Waals surface area (Å²) < 4.78 is 5.78. The molecule has 0 spiro atoms. The van der Waals surface area contributed by atoms with Crippen molar-refractivity contribution in [2.75, 3.05) is 13.7 Å². The van der Waals surface area contributed by atoms with E-state index in [1.165, 1.54) is 25.7 Å². The highest BCUT2D eigenvalue weighted by molar-refractivity contribution is 5.78. The second kappa shape index (κ2) is 6.83. The smallest absolute Gasteiger partial charge is 0.225 e. The van der Waals surface area contributed by atoms with Crippen LogP contribution < -0.4 is 5.32 Å². The minimum Gasteiger partial charge on any atom is -0.377 e. The molecule has 0 saturated heterocycles. The van der Waals surface area contributed by atoms with Crippen LogP contribution in [0, 0.1) is 5.92 Å². The van der Waals surface area contributed by atoms with Crippen molar-refractivity contribution in [3.63, 3.8) is 0 Å². The van der Waals surface area contributed by atoms with Gasteiger partial charge < -0.3 is 10.1 Å². The molecule has 0 aromatic rings. The summed E-state index contributed by atoms with van der Waals surface area (Å²) in [5.41, 5.74) is 0. The zero-order valence-corrected chi connectivity index (χ0v) is 9.92. The molecule has 15 heavy (non-hydrogen) atoms. The van der Waals surface area contributed by atoms with E-state index in [-0.39, 0.29) is 11.8 Å². The first kappa shape index (κ1) is 12.5. The van der Waals surface area contributed by atoms with E-state index in [1.54, 1.807) is 7.05 Å². The van der Waals surface area contributed by atoms with Crippen molar-refractivity contribution in [1.82, 2.24) is 5.32 Å². The first-order chi connectivity index (χ1) is 7.27. The summed E-state index contributed by atoms with van der Waals surface area (Å²) in [5.74, 6) is 0.162. The third-order valence-corrected chi connectivity index (χ3v) is 3.09. The molecule has 0 aliphatic heterocycles. The molecule has 3 nitrogen and oxygen atoms in total. The second-order valence-electron chi connectivity index (χ2n) is 4.34. The topological polar surface area (TPSA) is 38.3 Å². The lowest BCUT2D eigenvalue weighted by atomic mass is 10.0. The summed E-state index contributed by atoms with van der Waals surface area (Å²) >= 11 is 0. The molecule has 1 N–H and O–H groups in total. The van der Waals surface area contributed by atoms with Gasteiger partial charge in [-0.2, -0.15) is 0 Å². The molecular formula is C12H23NO2. The largest absolute Gasteiger partial charge is 0.377 e. The monoisotopic (exact) mass is 213 g/mol. The maximum atomic E-state index is 11.5. The van der Waals surface area contributed by atoms with E-state index in [1.807, 2.05) is 0 Å². The summed E-state index contributed by atoms with van der Waals surface area (Å²) in [4.78, 5) is 11.5. The first-order valence-electron chi connectivity index (χ1n) is 6.11. The minimum absolute atomic E-state index is 0.0422. The molecule has 1 saturated carbocycles. The molecule has 1 amide bonds.